The maximum atomic E-state index is 13.6. The Hall–Kier alpha value is -1.69. The van der Waals surface area contributed by atoms with E-state index in [0.29, 0.717) is 0 Å². The van der Waals surface area contributed by atoms with Gasteiger partial charge in [-0.2, -0.15) is 0 Å². The number of benzene rings is 1. The lowest BCUT2D eigenvalue weighted by molar-refractivity contribution is -0.158. The van der Waals surface area contributed by atoms with Crippen LogP contribution >= 0.6 is 0 Å². The van der Waals surface area contributed by atoms with Gasteiger partial charge in [0.2, 0.25) is 0 Å². The summed E-state index contributed by atoms with van der Waals surface area (Å²) in [4.78, 5) is 11.2. The molecule has 100 valence electrons. The van der Waals surface area contributed by atoms with Crippen molar-refractivity contribution in [3.8, 4) is 0 Å². The molecule has 0 bridgehead atoms. The molecule has 18 heavy (non-hydrogen) atoms. The standard InChI is InChI=1S/C12H15F2NO3/c1-7-4-5-8(13)10(9(7)14)15-6-12(2,17)11(16)18-3/h4-5,15,17H,6H2,1-3H3. The first-order chi connectivity index (χ1) is 8.29. The number of anilines is 1. The molecule has 0 radical (unpaired) electrons. The summed E-state index contributed by atoms with van der Waals surface area (Å²) in [5.41, 5.74) is -1.98. The summed E-state index contributed by atoms with van der Waals surface area (Å²) in [5.74, 6) is -2.43. The molecule has 1 aromatic carbocycles. The molecular weight excluding hydrogens is 244 g/mol. The number of carbonyl (C=O) groups is 1. The average molecular weight is 259 g/mol. The van der Waals surface area contributed by atoms with Crippen LogP contribution in [0.15, 0.2) is 12.1 Å². The van der Waals surface area contributed by atoms with Crippen molar-refractivity contribution in [2.24, 2.45) is 0 Å². The highest BCUT2D eigenvalue weighted by molar-refractivity contribution is 5.79. The van der Waals surface area contributed by atoms with Crippen LogP contribution in [0.5, 0.6) is 0 Å². The van der Waals surface area contributed by atoms with Crippen molar-refractivity contribution >= 4 is 11.7 Å². The van der Waals surface area contributed by atoms with Gasteiger partial charge in [-0.05, 0) is 25.5 Å². The summed E-state index contributed by atoms with van der Waals surface area (Å²) in [6.45, 7) is 2.31. The number of carbonyl (C=O) groups excluding carboxylic acids is 1. The summed E-state index contributed by atoms with van der Waals surface area (Å²) in [6.07, 6.45) is 0. The van der Waals surface area contributed by atoms with E-state index >= 15 is 0 Å². The van der Waals surface area contributed by atoms with E-state index in [0.717, 1.165) is 13.2 Å². The molecule has 0 aromatic heterocycles. The normalized spacial score (nSPS) is 13.9. The first kappa shape index (κ1) is 14.4. The third-order valence-electron chi connectivity index (χ3n) is 2.52. The lowest BCUT2D eigenvalue weighted by atomic mass is 10.1. The minimum Gasteiger partial charge on any atom is -0.467 e. The fraction of sp³-hybridized carbons (Fsp3) is 0.417. The topological polar surface area (TPSA) is 58.6 Å². The number of rotatable bonds is 4. The molecule has 0 saturated carbocycles. The Morgan fingerprint density at radius 3 is 2.67 bits per heavy atom. The number of nitrogens with one attached hydrogen (secondary N) is 1. The number of hydrogen-bond acceptors (Lipinski definition) is 4. The van der Waals surface area contributed by atoms with Gasteiger partial charge >= 0.3 is 5.97 Å². The molecule has 0 saturated heterocycles. The molecule has 1 atom stereocenters. The lowest BCUT2D eigenvalue weighted by Crippen LogP contribution is -2.43. The van der Waals surface area contributed by atoms with Gasteiger partial charge in [0.1, 0.15) is 11.5 Å². The molecule has 0 aliphatic rings. The van der Waals surface area contributed by atoms with Crippen molar-refractivity contribution in [1.82, 2.24) is 0 Å². The zero-order valence-electron chi connectivity index (χ0n) is 10.4. The van der Waals surface area contributed by atoms with E-state index < -0.39 is 23.2 Å². The van der Waals surface area contributed by atoms with E-state index in [1.165, 1.54) is 19.9 Å². The van der Waals surface area contributed by atoms with Crippen LogP contribution in [0.4, 0.5) is 14.5 Å². The molecular formula is C12H15F2NO3. The maximum absolute atomic E-state index is 13.6. The summed E-state index contributed by atoms with van der Waals surface area (Å²) in [5, 5.41) is 12.1. The fourth-order valence-electron chi connectivity index (χ4n) is 1.37. The molecule has 1 rings (SSSR count). The molecule has 1 unspecified atom stereocenters. The quantitative estimate of drug-likeness (QED) is 0.806. The smallest absolute Gasteiger partial charge is 0.339 e. The molecule has 4 nitrogen and oxygen atoms in total. The fourth-order valence-corrected chi connectivity index (χ4v) is 1.37. The van der Waals surface area contributed by atoms with Gasteiger partial charge in [0, 0.05) is 0 Å². The number of ether oxygens (including phenoxy) is 1. The van der Waals surface area contributed by atoms with Crippen LogP contribution in [0.1, 0.15) is 12.5 Å². The summed E-state index contributed by atoms with van der Waals surface area (Å²) >= 11 is 0. The highest BCUT2D eigenvalue weighted by Gasteiger charge is 2.31. The van der Waals surface area contributed by atoms with Crippen LogP contribution in [0.25, 0.3) is 0 Å². The zero-order valence-corrected chi connectivity index (χ0v) is 10.4. The van der Waals surface area contributed by atoms with Crippen molar-refractivity contribution in [3.05, 3.63) is 29.3 Å². The van der Waals surface area contributed by atoms with Crippen molar-refractivity contribution in [3.63, 3.8) is 0 Å². The average Bonchev–Trinajstić information content (AvgIpc) is 2.32. The maximum Gasteiger partial charge on any atom is 0.339 e. The number of methoxy groups -OCH3 is 1. The van der Waals surface area contributed by atoms with Gasteiger partial charge in [-0.3, -0.25) is 0 Å². The van der Waals surface area contributed by atoms with E-state index in [1.807, 2.05) is 0 Å². The summed E-state index contributed by atoms with van der Waals surface area (Å²) < 4.78 is 31.4. The van der Waals surface area contributed by atoms with Crippen molar-refractivity contribution in [2.45, 2.75) is 19.4 Å². The van der Waals surface area contributed by atoms with E-state index in [-0.39, 0.29) is 17.8 Å². The van der Waals surface area contributed by atoms with E-state index in [2.05, 4.69) is 10.1 Å². The van der Waals surface area contributed by atoms with Gasteiger partial charge in [-0.15, -0.1) is 0 Å². The monoisotopic (exact) mass is 259 g/mol. The van der Waals surface area contributed by atoms with Crippen LogP contribution in [-0.4, -0.2) is 30.3 Å². The third-order valence-corrected chi connectivity index (χ3v) is 2.52. The molecule has 0 aliphatic carbocycles. The van der Waals surface area contributed by atoms with Gasteiger partial charge in [-0.25, -0.2) is 13.6 Å². The van der Waals surface area contributed by atoms with E-state index in [9.17, 15) is 18.7 Å². The molecule has 0 heterocycles. The zero-order chi connectivity index (χ0) is 13.9. The second kappa shape index (κ2) is 5.30. The minimum atomic E-state index is -1.86. The third kappa shape index (κ3) is 2.95. The van der Waals surface area contributed by atoms with Crippen molar-refractivity contribution < 1.29 is 23.4 Å². The second-order valence-electron chi connectivity index (χ2n) is 4.17. The lowest BCUT2D eigenvalue weighted by Gasteiger charge is -2.21. The number of aliphatic hydroxyl groups is 1. The minimum absolute atomic E-state index is 0.261. The molecule has 0 aliphatic heterocycles. The van der Waals surface area contributed by atoms with Gasteiger partial charge in [0.15, 0.2) is 11.4 Å². The highest BCUT2D eigenvalue weighted by Crippen LogP contribution is 2.22. The van der Waals surface area contributed by atoms with Crippen LogP contribution in [0, 0.1) is 18.6 Å². The van der Waals surface area contributed by atoms with Gasteiger partial charge in [0.25, 0.3) is 0 Å². The van der Waals surface area contributed by atoms with Crippen LogP contribution in [0.3, 0.4) is 0 Å². The molecule has 2 N–H and O–H groups in total. The summed E-state index contributed by atoms with van der Waals surface area (Å²) in [7, 11) is 1.12. The number of esters is 1. The Morgan fingerprint density at radius 1 is 1.50 bits per heavy atom. The molecule has 0 spiro atoms. The van der Waals surface area contributed by atoms with Crippen LogP contribution < -0.4 is 5.32 Å². The van der Waals surface area contributed by atoms with Crippen molar-refractivity contribution in [1.29, 1.82) is 0 Å². The molecule has 1 aromatic rings. The summed E-state index contributed by atoms with van der Waals surface area (Å²) in [6, 6.07) is 2.40. The predicted molar refractivity (Wildman–Crippen MR) is 62.2 cm³/mol. The Bertz CT molecular complexity index is 461. The first-order valence-corrected chi connectivity index (χ1v) is 5.29. The Morgan fingerprint density at radius 2 is 2.11 bits per heavy atom. The Balaban J connectivity index is 2.87. The van der Waals surface area contributed by atoms with E-state index in [4.69, 9.17) is 0 Å². The second-order valence-corrected chi connectivity index (χ2v) is 4.17. The van der Waals surface area contributed by atoms with Gasteiger partial charge in [-0.1, -0.05) is 6.07 Å². The number of aryl methyl sites for hydroxylation is 1. The molecule has 0 amide bonds. The molecule has 6 heteroatoms. The Labute approximate surface area is 104 Å². The highest BCUT2D eigenvalue weighted by atomic mass is 19.1. The predicted octanol–water partition coefficient (Wildman–Crippen LogP) is 1.61. The van der Waals surface area contributed by atoms with Crippen LogP contribution in [-0.2, 0) is 9.53 Å². The largest absolute Gasteiger partial charge is 0.467 e. The van der Waals surface area contributed by atoms with Crippen LogP contribution in [0.2, 0.25) is 0 Å². The Kier molecular flexibility index (Phi) is 4.24. The number of halogens is 2. The van der Waals surface area contributed by atoms with E-state index in [1.54, 1.807) is 0 Å². The number of hydrogen-bond donors (Lipinski definition) is 2. The molecule has 0 fully saturated rings. The SMILES string of the molecule is COC(=O)C(C)(O)CNc1c(F)ccc(C)c1F. The first-order valence-electron chi connectivity index (χ1n) is 5.29. The van der Waals surface area contributed by atoms with Gasteiger partial charge < -0.3 is 15.2 Å². The van der Waals surface area contributed by atoms with Crippen molar-refractivity contribution in [2.75, 3.05) is 19.0 Å². The van der Waals surface area contributed by atoms with Gasteiger partial charge in [0.05, 0.1) is 13.7 Å².